The first kappa shape index (κ1) is 13.4. The number of carbonyl (C=O) groups is 1. The summed E-state index contributed by atoms with van der Waals surface area (Å²) in [7, 11) is 0. The third kappa shape index (κ3) is 5.90. The van der Waals surface area contributed by atoms with E-state index in [9.17, 15) is 4.79 Å². The van der Waals surface area contributed by atoms with Gasteiger partial charge in [-0.1, -0.05) is 0 Å². The van der Waals surface area contributed by atoms with Crippen molar-refractivity contribution in [3.8, 4) is 0 Å². The van der Waals surface area contributed by atoms with Gasteiger partial charge in [-0.25, -0.2) is 0 Å². The predicted molar refractivity (Wildman–Crippen MR) is 52.1 cm³/mol. The molecule has 0 rings (SSSR count). The molecule has 0 saturated heterocycles. The highest BCUT2D eigenvalue weighted by atomic mass is 16.7. The third-order valence-electron chi connectivity index (χ3n) is 1.67. The number of rotatable bonds is 8. The van der Waals surface area contributed by atoms with E-state index >= 15 is 0 Å². The van der Waals surface area contributed by atoms with Crippen molar-refractivity contribution in [3.63, 3.8) is 0 Å². The first-order valence-corrected chi connectivity index (χ1v) is 4.81. The molecule has 0 aliphatic rings. The first-order valence-electron chi connectivity index (χ1n) is 4.81. The molecule has 0 bridgehead atoms. The highest BCUT2D eigenvalue weighted by Crippen LogP contribution is 1.94. The van der Waals surface area contributed by atoms with E-state index in [1.165, 1.54) is 0 Å². The predicted octanol–water partition coefficient (Wildman–Crippen LogP) is 0.448. The Hall–Kier alpha value is -0.650. The van der Waals surface area contributed by atoms with Gasteiger partial charge in [0.2, 0.25) is 0 Å². The second-order valence-electron chi connectivity index (χ2n) is 2.81. The number of hydrogen-bond acceptors (Lipinski definition) is 4. The maximum absolute atomic E-state index is 10.5. The molecule has 0 aromatic rings. The minimum atomic E-state index is -0.878. The molecule has 84 valence electrons. The molecule has 0 saturated carbocycles. The zero-order chi connectivity index (χ0) is 11.0. The Morgan fingerprint density at radius 3 is 2.21 bits per heavy atom. The van der Waals surface area contributed by atoms with Crippen molar-refractivity contribution in [2.24, 2.45) is 0 Å². The van der Waals surface area contributed by atoms with Gasteiger partial charge in [0.1, 0.15) is 6.04 Å². The number of carboxylic acid groups (broad SMARTS) is 1. The zero-order valence-electron chi connectivity index (χ0n) is 8.95. The van der Waals surface area contributed by atoms with Crippen LogP contribution in [0.15, 0.2) is 0 Å². The Kier molecular flexibility index (Phi) is 7.37. The van der Waals surface area contributed by atoms with Gasteiger partial charge in [-0.2, -0.15) is 0 Å². The average molecular weight is 205 g/mol. The third-order valence-corrected chi connectivity index (χ3v) is 1.67. The highest BCUT2D eigenvalue weighted by Gasteiger charge is 2.13. The average Bonchev–Trinajstić information content (AvgIpc) is 2.14. The summed E-state index contributed by atoms with van der Waals surface area (Å²) in [6.45, 7) is 6.80. The number of nitrogens with one attached hydrogen (secondary N) is 1. The van der Waals surface area contributed by atoms with Gasteiger partial charge in [0.25, 0.3) is 0 Å². The fourth-order valence-corrected chi connectivity index (χ4v) is 0.898. The molecule has 5 heteroatoms. The summed E-state index contributed by atoms with van der Waals surface area (Å²) in [5.74, 6) is -0.878. The second kappa shape index (κ2) is 7.73. The lowest BCUT2D eigenvalue weighted by Crippen LogP contribution is -2.40. The summed E-state index contributed by atoms with van der Waals surface area (Å²) in [6.07, 6.45) is -0.369. The van der Waals surface area contributed by atoms with Gasteiger partial charge < -0.3 is 14.6 Å². The highest BCUT2D eigenvalue weighted by molar-refractivity contribution is 5.72. The number of carboxylic acids is 1. The maximum Gasteiger partial charge on any atom is 0.320 e. The fraction of sp³-hybridized carbons (Fsp3) is 0.889. The Morgan fingerprint density at radius 1 is 1.36 bits per heavy atom. The molecule has 0 aliphatic heterocycles. The van der Waals surface area contributed by atoms with E-state index in [2.05, 4.69) is 5.32 Å². The smallest absolute Gasteiger partial charge is 0.320 e. The number of ether oxygens (including phenoxy) is 2. The van der Waals surface area contributed by atoms with Gasteiger partial charge >= 0.3 is 5.97 Å². The summed E-state index contributed by atoms with van der Waals surface area (Å²) in [6, 6.07) is -0.585. The van der Waals surface area contributed by atoms with Gasteiger partial charge in [0, 0.05) is 19.8 Å². The molecule has 0 heterocycles. The molecule has 5 nitrogen and oxygen atoms in total. The molecule has 1 unspecified atom stereocenters. The van der Waals surface area contributed by atoms with Crippen molar-refractivity contribution in [2.75, 3.05) is 19.8 Å². The molecule has 1 atom stereocenters. The summed E-state index contributed by atoms with van der Waals surface area (Å²) in [5.41, 5.74) is 0. The second-order valence-corrected chi connectivity index (χ2v) is 2.81. The van der Waals surface area contributed by atoms with Crippen molar-refractivity contribution in [3.05, 3.63) is 0 Å². The Morgan fingerprint density at radius 2 is 1.86 bits per heavy atom. The van der Waals surface area contributed by atoms with Crippen LogP contribution in [0, 0.1) is 0 Å². The van der Waals surface area contributed by atoms with Crippen molar-refractivity contribution in [2.45, 2.75) is 33.1 Å². The normalized spacial score (nSPS) is 13.1. The fourth-order valence-electron chi connectivity index (χ4n) is 0.898. The Bertz CT molecular complexity index is 157. The van der Waals surface area contributed by atoms with Crippen LogP contribution in [0.5, 0.6) is 0 Å². The van der Waals surface area contributed by atoms with Gasteiger partial charge in [0.15, 0.2) is 6.29 Å². The van der Waals surface area contributed by atoms with Crippen LogP contribution in [0.1, 0.15) is 20.8 Å². The van der Waals surface area contributed by atoms with E-state index in [4.69, 9.17) is 14.6 Å². The topological polar surface area (TPSA) is 67.8 Å². The maximum atomic E-state index is 10.5. The Balaban J connectivity index is 3.74. The van der Waals surface area contributed by atoms with E-state index in [-0.39, 0.29) is 6.29 Å². The molecule has 2 N–H and O–H groups in total. The lowest BCUT2D eigenvalue weighted by atomic mass is 10.3. The SMILES string of the molecule is CCOC(CNC(C)C(=O)O)OCC. The summed E-state index contributed by atoms with van der Waals surface area (Å²) < 4.78 is 10.5. The van der Waals surface area contributed by atoms with Crippen LogP contribution >= 0.6 is 0 Å². The van der Waals surface area contributed by atoms with Crippen molar-refractivity contribution in [1.82, 2.24) is 5.32 Å². The molecule has 0 amide bonds. The van der Waals surface area contributed by atoms with Crippen LogP contribution in [-0.4, -0.2) is 43.2 Å². The lowest BCUT2D eigenvalue weighted by Gasteiger charge is -2.18. The van der Waals surface area contributed by atoms with Crippen LogP contribution in [-0.2, 0) is 14.3 Å². The summed E-state index contributed by atoms with van der Waals surface area (Å²) in [4.78, 5) is 10.5. The lowest BCUT2D eigenvalue weighted by molar-refractivity contribution is -0.143. The number of aliphatic carboxylic acids is 1. The van der Waals surface area contributed by atoms with Crippen LogP contribution < -0.4 is 5.32 Å². The zero-order valence-corrected chi connectivity index (χ0v) is 8.95. The van der Waals surface area contributed by atoms with Gasteiger partial charge in [-0.05, 0) is 20.8 Å². The quantitative estimate of drug-likeness (QED) is 0.563. The van der Waals surface area contributed by atoms with E-state index in [0.717, 1.165) is 0 Å². The molecular weight excluding hydrogens is 186 g/mol. The van der Waals surface area contributed by atoms with E-state index in [1.54, 1.807) is 6.92 Å². The molecule has 0 aromatic carbocycles. The van der Waals surface area contributed by atoms with Gasteiger partial charge in [0.05, 0.1) is 0 Å². The summed E-state index contributed by atoms with van der Waals surface area (Å²) >= 11 is 0. The number of hydrogen-bond donors (Lipinski definition) is 2. The van der Waals surface area contributed by atoms with Crippen molar-refractivity contribution < 1.29 is 19.4 Å². The standard InChI is InChI=1S/C9H19NO4/c1-4-13-8(14-5-2)6-10-7(3)9(11)12/h7-8,10H,4-6H2,1-3H3,(H,11,12). The van der Waals surface area contributed by atoms with E-state index in [1.807, 2.05) is 13.8 Å². The molecule has 0 fully saturated rings. The molecule has 0 radical (unpaired) electrons. The molecule has 0 aromatic heterocycles. The van der Waals surface area contributed by atoms with Crippen molar-refractivity contribution >= 4 is 5.97 Å². The van der Waals surface area contributed by atoms with E-state index < -0.39 is 12.0 Å². The monoisotopic (exact) mass is 205 g/mol. The van der Waals surface area contributed by atoms with Gasteiger partial charge in [-0.15, -0.1) is 0 Å². The largest absolute Gasteiger partial charge is 0.480 e. The Labute approximate surface area is 84.4 Å². The minimum Gasteiger partial charge on any atom is -0.480 e. The van der Waals surface area contributed by atoms with Crippen LogP contribution in [0.25, 0.3) is 0 Å². The molecule has 0 aliphatic carbocycles. The molecule has 0 spiro atoms. The van der Waals surface area contributed by atoms with Gasteiger partial charge in [-0.3, -0.25) is 10.1 Å². The van der Waals surface area contributed by atoms with Crippen molar-refractivity contribution in [1.29, 1.82) is 0 Å². The van der Waals surface area contributed by atoms with Crippen LogP contribution in [0.2, 0.25) is 0 Å². The minimum absolute atomic E-state index is 0.369. The van der Waals surface area contributed by atoms with Crippen LogP contribution in [0.3, 0.4) is 0 Å². The van der Waals surface area contributed by atoms with Crippen LogP contribution in [0.4, 0.5) is 0 Å². The summed E-state index contributed by atoms with van der Waals surface area (Å²) in [5, 5.41) is 11.4. The van der Waals surface area contributed by atoms with E-state index in [0.29, 0.717) is 19.8 Å². The first-order chi connectivity index (χ1) is 6.61. The molecule has 14 heavy (non-hydrogen) atoms. The molecular formula is C9H19NO4.